The SMILES string of the molecule is CC(C)(C)OC(=O)NC(C(=O)OCCl)C1CCCO1. The van der Waals surface area contributed by atoms with E-state index in [1.54, 1.807) is 20.8 Å². The van der Waals surface area contributed by atoms with Crippen LogP contribution in [0, 0.1) is 0 Å². The number of alkyl halides is 1. The van der Waals surface area contributed by atoms with E-state index in [0.717, 1.165) is 6.42 Å². The highest BCUT2D eigenvalue weighted by Crippen LogP contribution is 2.17. The van der Waals surface area contributed by atoms with Gasteiger partial charge >= 0.3 is 12.1 Å². The van der Waals surface area contributed by atoms with Gasteiger partial charge in [-0.05, 0) is 33.6 Å². The molecule has 1 rings (SSSR count). The molecule has 1 amide bonds. The van der Waals surface area contributed by atoms with E-state index in [2.05, 4.69) is 5.32 Å². The average molecular weight is 294 g/mol. The summed E-state index contributed by atoms with van der Waals surface area (Å²) in [4.78, 5) is 23.5. The lowest BCUT2D eigenvalue weighted by atomic mass is 10.1. The van der Waals surface area contributed by atoms with Gasteiger partial charge in [0, 0.05) is 6.61 Å². The van der Waals surface area contributed by atoms with Crippen molar-refractivity contribution in [3.8, 4) is 0 Å². The first-order valence-corrected chi connectivity index (χ1v) is 6.70. The molecule has 1 aliphatic rings. The summed E-state index contributed by atoms with van der Waals surface area (Å²) in [6, 6.07) is -1.16. The van der Waals surface area contributed by atoms with Crippen LogP contribution >= 0.6 is 11.6 Å². The largest absolute Gasteiger partial charge is 0.448 e. The van der Waals surface area contributed by atoms with Crippen LogP contribution in [0.15, 0.2) is 0 Å². The molecule has 110 valence electrons. The van der Waals surface area contributed by atoms with Crippen molar-refractivity contribution < 1.29 is 23.8 Å². The highest BCUT2D eigenvalue weighted by atomic mass is 35.5. The second kappa shape index (κ2) is 6.96. The number of carbonyl (C=O) groups is 2. The summed E-state index contributed by atoms with van der Waals surface area (Å²) >= 11 is 5.36. The Bertz CT molecular complexity index is 323. The van der Waals surface area contributed by atoms with Crippen molar-refractivity contribution in [2.24, 2.45) is 0 Å². The molecule has 0 aromatic rings. The van der Waals surface area contributed by atoms with Gasteiger partial charge in [0.05, 0.1) is 6.10 Å². The third kappa shape index (κ3) is 5.65. The Morgan fingerprint density at radius 2 is 2.16 bits per heavy atom. The maximum Gasteiger partial charge on any atom is 0.408 e. The van der Waals surface area contributed by atoms with Crippen molar-refractivity contribution in [3.05, 3.63) is 0 Å². The molecule has 2 atom stereocenters. The Morgan fingerprint density at radius 1 is 1.47 bits per heavy atom. The molecule has 19 heavy (non-hydrogen) atoms. The number of amides is 1. The lowest BCUT2D eigenvalue weighted by molar-refractivity contribution is -0.147. The summed E-state index contributed by atoms with van der Waals surface area (Å²) in [5.41, 5.74) is -0.637. The number of alkyl carbamates (subject to hydrolysis) is 1. The van der Waals surface area contributed by atoms with Crippen molar-refractivity contribution in [1.29, 1.82) is 0 Å². The van der Waals surface area contributed by atoms with Gasteiger partial charge in [0.15, 0.2) is 12.1 Å². The monoisotopic (exact) mass is 293 g/mol. The fraction of sp³-hybridized carbons (Fsp3) is 0.833. The summed E-state index contributed by atoms with van der Waals surface area (Å²) in [6.07, 6.45) is 0.436. The Balaban J connectivity index is 2.63. The number of hydrogen-bond acceptors (Lipinski definition) is 5. The molecular weight excluding hydrogens is 274 g/mol. The van der Waals surface area contributed by atoms with E-state index >= 15 is 0 Å². The van der Waals surface area contributed by atoms with Gasteiger partial charge in [-0.2, -0.15) is 0 Å². The zero-order valence-electron chi connectivity index (χ0n) is 11.4. The minimum atomic E-state index is -0.893. The van der Waals surface area contributed by atoms with Crippen LogP contribution in [0.2, 0.25) is 0 Å². The van der Waals surface area contributed by atoms with Gasteiger partial charge in [0.25, 0.3) is 0 Å². The summed E-state index contributed by atoms with van der Waals surface area (Å²) in [6.45, 7) is 5.78. The Hall–Kier alpha value is -1.01. The van der Waals surface area contributed by atoms with Crippen molar-refractivity contribution in [3.63, 3.8) is 0 Å². The molecule has 0 aliphatic carbocycles. The fourth-order valence-electron chi connectivity index (χ4n) is 1.75. The first-order chi connectivity index (χ1) is 8.83. The maximum absolute atomic E-state index is 11.8. The highest BCUT2D eigenvalue weighted by Gasteiger charge is 2.35. The second-order valence-corrected chi connectivity index (χ2v) is 5.47. The summed E-state index contributed by atoms with van der Waals surface area (Å²) in [7, 11) is 0. The third-order valence-electron chi connectivity index (χ3n) is 2.46. The predicted molar refractivity (Wildman–Crippen MR) is 68.9 cm³/mol. The number of nitrogens with one attached hydrogen (secondary N) is 1. The molecule has 1 fully saturated rings. The number of ether oxygens (including phenoxy) is 3. The Morgan fingerprint density at radius 3 is 2.63 bits per heavy atom. The second-order valence-electron chi connectivity index (χ2n) is 5.25. The van der Waals surface area contributed by atoms with E-state index in [9.17, 15) is 9.59 Å². The normalized spacial score (nSPS) is 20.7. The molecule has 0 saturated carbocycles. The lowest BCUT2D eigenvalue weighted by Crippen LogP contribution is -2.50. The molecule has 1 heterocycles. The minimum absolute atomic E-state index is 0.266. The van der Waals surface area contributed by atoms with E-state index in [-0.39, 0.29) is 6.07 Å². The van der Waals surface area contributed by atoms with Crippen LogP contribution in [-0.2, 0) is 19.0 Å². The highest BCUT2D eigenvalue weighted by molar-refractivity contribution is 6.17. The van der Waals surface area contributed by atoms with Crippen LogP contribution in [0.25, 0.3) is 0 Å². The van der Waals surface area contributed by atoms with Crippen molar-refractivity contribution >= 4 is 23.7 Å². The van der Waals surface area contributed by atoms with Crippen molar-refractivity contribution in [2.45, 2.75) is 51.4 Å². The van der Waals surface area contributed by atoms with Crippen LogP contribution < -0.4 is 5.32 Å². The minimum Gasteiger partial charge on any atom is -0.448 e. The van der Waals surface area contributed by atoms with E-state index in [0.29, 0.717) is 13.0 Å². The van der Waals surface area contributed by atoms with Crippen LogP contribution in [0.3, 0.4) is 0 Å². The molecule has 1 saturated heterocycles. The van der Waals surface area contributed by atoms with Crippen molar-refractivity contribution in [1.82, 2.24) is 5.32 Å². The molecule has 7 heteroatoms. The molecule has 0 bridgehead atoms. The number of carbonyl (C=O) groups excluding carboxylic acids is 2. The van der Waals surface area contributed by atoms with E-state index < -0.39 is 29.8 Å². The Labute approximate surface area is 117 Å². The quantitative estimate of drug-likeness (QED) is 0.632. The predicted octanol–water partition coefficient (Wildman–Crippen LogP) is 1.80. The van der Waals surface area contributed by atoms with Gasteiger partial charge in [-0.15, -0.1) is 0 Å². The van der Waals surface area contributed by atoms with E-state index in [4.69, 9.17) is 25.8 Å². The molecule has 2 unspecified atom stereocenters. The van der Waals surface area contributed by atoms with Gasteiger partial charge in [-0.25, -0.2) is 9.59 Å². The van der Waals surface area contributed by atoms with Crippen molar-refractivity contribution in [2.75, 3.05) is 12.7 Å². The van der Waals surface area contributed by atoms with Crippen LogP contribution in [0.1, 0.15) is 33.6 Å². The molecule has 0 spiro atoms. The first-order valence-electron chi connectivity index (χ1n) is 6.17. The number of esters is 1. The van der Waals surface area contributed by atoms with Gasteiger partial charge in [0.1, 0.15) is 5.60 Å². The topological polar surface area (TPSA) is 73.9 Å². The first kappa shape index (κ1) is 16.0. The smallest absolute Gasteiger partial charge is 0.408 e. The summed E-state index contributed by atoms with van der Waals surface area (Å²) < 4.78 is 15.2. The zero-order chi connectivity index (χ0) is 14.5. The van der Waals surface area contributed by atoms with Crippen LogP contribution in [0.5, 0.6) is 0 Å². The average Bonchev–Trinajstić information content (AvgIpc) is 2.76. The zero-order valence-corrected chi connectivity index (χ0v) is 12.2. The van der Waals surface area contributed by atoms with Gasteiger partial charge in [-0.3, -0.25) is 0 Å². The van der Waals surface area contributed by atoms with Gasteiger partial charge in [-0.1, -0.05) is 11.6 Å². The summed E-state index contributed by atoms with van der Waals surface area (Å²) in [5.74, 6) is -0.618. The maximum atomic E-state index is 11.8. The fourth-order valence-corrected chi connectivity index (χ4v) is 1.85. The number of rotatable bonds is 4. The standard InChI is InChI=1S/C12H20ClNO5/c1-12(2,3)19-11(16)14-9(10(15)18-7-13)8-5-4-6-17-8/h8-9H,4-7H2,1-3H3,(H,14,16). The lowest BCUT2D eigenvalue weighted by Gasteiger charge is -2.25. The van der Waals surface area contributed by atoms with E-state index in [1.165, 1.54) is 0 Å². The molecule has 0 radical (unpaired) electrons. The number of halogens is 1. The number of hydrogen-bond donors (Lipinski definition) is 1. The molecular formula is C12H20ClNO5. The van der Waals surface area contributed by atoms with Crippen LogP contribution in [-0.4, -0.2) is 42.5 Å². The third-order valence-corrected chi connectivity index (χ3v) is 2.57. The molecule has 6 nitrogen and oxygen atoms in total. The summed E-state index contributed by atoms with van der Waals surface area (Å²) in [5, 5.41) is 2.48. The van der Waals surface area contributed by atoms with Crippen LogP contribution in [0.4, 0.5) is 4.79 Å². The van der Waals surface area contributed by atoms with Gasteiger partial charge in [0.2, 0.25) is 0 Å². The molecule has 0 aromatic carbocycles. The van der Waals surface area contributed by atoms with E-state index in [1.807, 2.05) is 0 Å². The Kier molecular flexibility index (Phi) is 5.87. The molecule has 1 aliphatic heterocycles. The molecule has 0 aromatic heterocycles. The van der Waals surface area contributed by atoms with Gasteiger partial charge < -0.3 is 19.5 Å². The molecule has 1 N–H and O–H groups in total.